The van der Waals surface area contributed by atoms with E-state index in [1.165, 1.54) is 12.3 Å². The molecule has 0 aliphatic carbocycles. The predicted molar refractivity (Wildman–Crippen MR) is 136 cm³/mol. The molecule has 0 saturated heterocycles. The van der Waals surface area contributed by atoms with Gasteiger partial charge in [0.15, 0.2) is 0 Å². The first-order valence-corrected chi connectivity index (χ1v) is 13.7. The Bertz CT molecular complexity index is 1360. The number of Topliss-reactive ketones (excluding diaryl/α,β-unsaturated/α-hetero) is 1. The van der Waals surface area contributed by atoms with Crippen molar-refractivity contribution in [3.63, 3.8) is 0 Å². The Kier molecular flexibility index (Phi) is 8.39. The number of hydrogen-bond acceptors (Lipinski definition) is 4. The molecule has 4 nitrogen and oxygen atoms in total. The fraction of sp³-hybridized carbons (Fsp3) is 0.357. The third-order valence-electron chi connectivity index (χ3n) is 6.29. The summed E-state index contributed by atoms with van der Waals surface area (Å²) in [7, 11) is -3.07. The van der Waals surface area contributed by atoms with Crippen LogP contribution in [0.15, 0.2) is 54.6 Å². The molecule has 0 bridgehead atoms. The Morgan fingerprint density at radius 2 is 1.67 bits per heavy atom. The summed E-state index contributed by atoms with van der Waals surface area (Å²) >= 11 is 0. The maximum absolute atomic E-state index is 13.3. The summed E-state index contributed by atoms with van der Waals surface area (Å²) in [6, 6.07) is 15.1. The van der Waals surface area contributed by atoms with E-state index in [0.717, 1.165) is 28.3 Å². The zero-order chi connectivity index (χ0) is 26.7. The van der Waals surface area contributed by atoms with E-state index in [0.29, 0.717) is 17.5 Å². The minimum atomic E-state index is -4.56. The lowest BCUT2D eigenvalue weighted by Crippen LogP contribution is -2.13. The summed E-state index contributed by atoms with van der Waals surface area (Å²) < 4.78 is 62.9. The molecule has 0 aliphatic rings. The summed E-state index contributed by atoms with van der Waals surface area (Å²) in [6.45, 7) is 5.55. The molecule has 0 N–H and O–H groups in total. The Morgan fingerprint density at radius 1 is 0.972 bits per heavy atom. The highest BCUT2D eigenvalue weighted by molar-refractivity contribution is 7.90. The number of pyridine rings is 1. The van der Waals surface area contributed by atoms with Crippen molar-refractivity contribution >= 4 is 15.6 Å². The van der Waals surface area contributed by atoms with Crippen LogP contribution in [0.3, 0.4) is 0 Å². The van der Waals surface area contributed by atoms with E-state index in [9.17, 15) is 26.4 Å². The van der Waals surface area contributed by atoms with Crippen LogP contribution in [0.4, 0.5) is 13.2 Å². The fourth-order valence-electron chi connectivity index (χ4n) is 4.11. The molecule has 2 aromatic carbocycles. The van der Waals surface area contributed by atoms with Crippen LogP contribution >= 0.6 is 0 Å². The van der Waals surface area contributed by atoms with Crippen LogP contribution in [0.5, 0.6) is 0 Å². The van der Waals surface area contributed by atoms with E-state index in [-0.39, 0.29) is 30.1 Å². The summed E-state index contributed by atoms with van der Waals surface area (Å²) in [5.74, 6) is -0.377. The lowest BCUT2D eigenvalue weighted by molar-refractivity contribution is -0.141. The van der Waals surface area contributed by atoms with Crippen molar-refractivity contribution in [3.05, 3.63) is 88.1 Å². The average molecular weight is 518 g/mol. The SMILES string of the molecule is Cc1cccc(-c2nc(C(F)(F)F)ccc2CCC(=O)C(C)c2ccc(CCS(C)(=O)=O)c(C)c2)c1. The average Bonchev–Trinajstić information content (AvgIpc) is 2.80. The number of carbonyl (C=O) groups excluding carboxylic acids is 1. The van der Waals surface area contributed by atoms with Crippen molar-refractivity contribution in [1.29, 1.82) is 0 Å². The highest BCUT2D eigenvalue weighted by Crippen LogP contribution is 2.32. The summed E-state index contributed by atoms with van der Waals surface area (Å²) in [4.78, 5) is 16.9. The van der Waals surface area contributed by atoms with Crippen molar-refractivity contribution < 1.29 is 26.4 Å². The molecule has 8 heteroatoms. The second-order valence-electron chi connectivity index (χ2n) is 9.33. The number of hydrogen-bond donors (Lipinski definition) is 0. The molecule has 36 heavy (non-hydrogen) atoms. The molecule has 1 unspecified atom stereocenters. The lowest BCUT2D eigenvalue weighted by atomic mass is 9.90. The van der Waals surface area contributed by atoms with Gasteiger partial charge in [0.1, 0.15) is 21.3 Å². The van der Waals surface area contributed by atoms with Gasteiger partial charge in [-0.25, -0.2) is 13.4 Å². The van der Waals surface area contributed by atoms with Gasteiger partial charge in [-0.05, 0) is 61.1 Å². The van der Waals surface area contributed by atoms with Crippen LogP contribution < -0.4 is 0 Å². The summed E-state index contributed by atoms with van der Waals surface area (Å²) in [6.07, 6.45) is -2.53. The minimum absolute atomic E-state index is 0.0339. The standard InChI is InChI=1S/C28H30F3NO3S/c1-18-6-5-7-24(16-18)27-22(11-13-26(32-27)28(29,30)31)10-12-25(33)20(3)23-9-8-21(19(2)17-23)14-15-36(4,34)35/h5-9,11,13,16-17,20H,10,12,14-15H2,1-4H3. The number of alkyl halides is 3. The molecule has 0 radical (unpaired) electrons. The summed E-state index contributed by atoms with van der Waals surface area (Å²) in [5, 5.41) is 0. The van der Waals surface area contributed by atoms with Gasteiger partial charge in [-0.3, -0.25) is 4.79 Å². The smallest absolute Gasteiger partial charge is 0.299 e. The van der Waals surface area contributed by atoms with E-state index in [1.807, 2.05) is 38.1 Å². The minimum Gasteiger partial charge on any atom is -0.299 e. The number of halogens is 3. The summed E-state index contributed by atoms with van der Waals surface area (Å²) in [5.41, 5.74) is 4.00. The number of carbonyl (C=O) groups is 1. The lowest BCUT2D eigenvalue weighted by Gasteiger charge is -2.16. The van der Waals surface area contributed by atoms with E-state index >= 15 is 0 Å². The number of rotatable bonds is 9. The van der Waals surface area contributed by atoms with Crippen molar-refractivity contribution in [2.24, 2.45) is 0 Å². The Labute approximate surface area is 210 Å². The zero-order valence-corrected chi connectivity index (χ0v) is 21.6. The zero-order valence-electron chi connectivity index (χ0n) is 20.8. The van der Waals surface area contributed by atoms with Crippen molar-refractivity contribution in [1.82, 2.24) is 4.98 Å². The molecule has 1 atom stereocenters. The molecule has 3 aromatic rings. The van der Waals surface area contributed by atoms with Gasteiger partial charge in [0.05, 0.1) is 11.4 Å². The highest BCUT2D eigenvalue weighted by atomic mass is 32.2. The number of sulfone groups is 1. The van der Waals surface area contributed by atoms with Gasteiger partial charge in [0.25, 0.3) is 0 Å². The van der Waals surface area contributed by atoms with E-state index in [4.69, 9.17) is 0 Å². The molecule has 192 valence electrons. The van der Waals surface area contributed by atoms with Gasteiger partial charge in [-0.15, -0.1) is 0 Å². The molecule has 1 heterocycles. The largest absolute Gasteiger partial charge is 0.433 e. The van der Waals surface area contributed by atoms with Crippen LogP contribution in [0.1, 0.15) is 52.8 Å². The third kappa shape index (κ3) is 7.26. The highest BCUT2D eigenvalue weighted by Gasteiger charge is 2.33. The fourth-order valence-corrected chi connectivity index (χ4v) is 4.71. The first-order chi connectivity index (χ1) is 16.7. The van der Waals surface area contributed by atoms with E-state index in [2.05, 4.69) is 4.98 Å². The second-order valence-corrected chi connectivity index (χ2v) is 11.6. The predicted octanol–water partition coefficient (Wildman–Crippen LogP) is 6.28. The molecule has 0 aliphatic heterocycles. The van der Waals surface area contributed by atoms with Crippen LogP contribution in [0.25, 0.3) is 11.3 Å². The van der Waals surface area contributed by atoms with Crippen LogP contribution in [0.2, 0.25) is 0 Å². The maximum atomic E-state index is 13.3. The van der Waals surface area contributed by atoms with Gasteiger partial charge in [0.2, 0.25) is 0 Å². The maximum Gasteiger partial charge on any atom is 0.433 e. The number of benzene rings is 2. The Morgan fingerprint density at radius 3 is 2.28 bits per heavy atom. The van der Waals surface area contributed by atoms with Gasteiger partial charge >= 0.3 is 6.18 Å². The number of nitrogens with zero attached hydrogens (tertiary/aromatic N) is 1. The molecule has 0 spiro atoms. The van der Waals surface area contributed by atoms with Crippen molar-refractivity contribution in [3.8, 4) is 11.3 Å². The number of aryl methyl sites for hydroxylation is 4. The van der Waals surface area contributed by atoms with Gasteiger partial charge in [0, 0.05) is 24.2 Å². The Hall–Kier alpha value is -3.00. The normalized spacial score (nSPS) is 13.0. The van der Waals surface area contributed by atoms with E-state index < -0.39 is 27.6 Å². The third-order valence-corrected chi connectivity index (χ3v) is 7.24. The molecule has 3 rings (SSSR count). The number of ketones is 1. The quantitative estimate of drug-likeness (QED) is 0.335. The molecule has 0 fully saturated rings. The van der Waals surface area contributed by atoms with Gasteiger partial charge < -0.3 is 0 Å². The van der Waals surface area contributed by atoms with Crippen molar-refractivity contribution in [2.45, 2.75) is 52.1 Å². The first kappa shape index (κ1) is 27.6. The molecule has 0 saturated carbocycles. The molecular weight excluding hydrogens is 487 g/mol. The number of aromatic nitrogens is 1. The van der Waals surface area contributed by atoms with Crippen molar-refractivity contribution in [2.75, 3.05) is 12.0 Å². The first-order valence-electron chi connectivity index (χ1n) is 11.7. The Balaban J connectivity index is 1.78. The van der Waals surface area contributed by atoms with Gasteiger partial charge in [-0.2, -0.15) is 13.2 Å². The van der Waals surface area contributed by atoms with Crippen LogP contribution in [-0.4, -0.2) is 31.2 Å². The monoisotopic (exact) mass is 517 g/mol. The second kappa shape index (κ2) is 10.9. The molecular formula is C28H30F3NO3S. The van der Waals surface area contributed by atoms with E-state index in [1.54, 1.807) is 25.1 Å². The van der Waals surface area contributed by atoms with Gasteiger partial charge in [-0.1, -0.05) is 55.0 Å². The molecule has 1 aromatic heterocycles. The topological polar surface area (TPSA) is 64.1 Å². The van der Waals surface area contributed by atoms with Crippen LogP contribution in [0, 0.1) is 13.8 Å². The molecule has 0 amide bonds. The van der Waals surface area contributed by atoms with Crippen LogP contribution in [-0.2, 0) is 33.6 Å².